The van der Waals surface area contributed by atoms with E-state index in [4.69, 9.17) is 10.5 Å². The van der Waals surface area contributed by atoms with E-state index in [2.05, 4.69) is 20.9 Å². The zero-order valence-corrected chi connectivity index (χ0v) is 12.2. The second-order valence-electron chi connectivity index (χ2n) is 4.96. The largest absolute Gasteiger partial charge is 0.491 e. The molecule has 1 aromatic rings. The van der Waals surface area contributed by atoms with E-state index >= 15 is 0 Å². The lowest BCUT2D eigenvalue weighted by Crippen LogP contribution is -2.36. The lowest BCUT2D eigenvalue weighted by atomic mass is 10.1. The average Bonchev–Trinajstić information content (AvgIpc) is 3.16. The third-order valence-corrected chi connectivity index (χ3v) is 4.16. The van der Waals surface area contributed by atoms with Crippen molar-refractivity contribution in [1.29, 1.82) is 0 Å². The number of ether oxygens (including phenoxy) is 1. The molecule has 1 aliphatic carbocycles. The van der Waals surface area contributed by atoms with Crippen molar-refractivity contribution in [2.24, 2.45) is 10.7 Å². The summed E-state index contributed by atoms with van der Waals surface area (Å²) in [6, 6.07) is 3.46. The molecule has 1 aromatic carbocycles. The maximum Gasteiger partial charge on any atom is 0.191 e. The fraction of sp³-hybridized carbons (Fsp3) is 0.462. The molecule has 2 aliphatic rings. The van der Waals surface area contributed by atoms with Crippen LogP contribution in [0, 0.1) is 5.82 Å². The van der Waals surface area contributed by atoms with Gasteiger partial charge in [-0.2, -0.15) is 0 Å². The third-order valence-electron chi connectivity index (χ3n) is 3.55. The quantitative estimate of drug-likeness (QED) is 0.670. The second-order valence-corrected chi connectivity index (χ2v) is 5.81. The fourth-order valence-electron chi connectivity index (χ4n) is 2.19. The van der Waals surface area contributed by atoms with E-state index in [9.17, 15) is 4.39 Å². The molecule has 1 aliphatic heterocycles. The number of halogens is 2. The Bertz CT molecular complexity index is 545. The van der Waals surface area contributed by atoms with Gasteiger partial charge in [-0.1, -0.05) is 0 Å². The first-order valence-electron chi connectivity index (χ1n) is 6.24. The molecule has 0 radical (unpaired) electrons. The van der Waals surface area contributed by atoms with Crippen LogP contribution in [0.3, 0.4) is 0 Å². The van der Waals surface area contributed by atoms with Gasteiger partial charge in [0.1, 0.15) is 24.2 Å². The number of aliphatic imine (C=N–C) groups is 1. The van der Waals surface area contributed by atoms with Gasteiger partial charge < -0.3 is 15.4 Å². The standard InChI is InChI=1S/C13H15BrFN3O/c1-18(7-2-3-7)13(16)17-11-6-19-12-5-10(15)9(14)4-8(11)12/h4-5,7,11H,2-3,6H2,1H3,(H2,16,17). The number of nitrogens with two attached hydrogens (primary N) is 1. The minimum Gasteiger partial charge on any atom is -0.491 e. The number of benzene rings is 1. The van der Waals surface area contributed by atoms with Crippen LogP contribution in [0.25, 0.3) is 0 Å². The van der Waals surface area contributed by atoms with Crippen LogP contribution in [0.2, 0.25) is 0 Å². The SMILES string of the molecule is CN(C(N)=NC1COc2cc(F)c(Br)cc21)C1CC1. The van der Waals surface area contributed by atoms with Crippen molar-refractivity contribution in [2.75, 3.05) is 13.7 Å². The molecule has 19 heavy (non-hydrogen) atoms. The van der Waals surface area contributed by atoms with Crippen molar-refractivity contribution in [3.63, 3.8) is 0 Å². The summed E-state index contributed by atoms with van der Waals surface area (Å²) in [6.07, 6.45) is 2.34. The Labute approximate surface area is 119 Å². The van der Waals surface area contributed by atoms with Crippen LogP contribution in [0.4, 0.5) is 4.39 Å². The highest BCUT2D eigenvalue weighted by molar-refractivity contribution is 9.10. The van der Waals surface area contributed by atoms with E-state index in [0.29, 0.717) is 28.8 Å². The molecule has 4 nitrogen and oxygen atoms in total. The van der Waals surface area contributed by atoms with E-state index in [1.54, 1.807) is 6.07 Å². The molecular formula is C13H15BrFN3O. The summed E-state index contributed by atoms with van der Waals surface area (Å²) in [4.78, 5) is 6.50. The van der Waals surface area contributed by atoms with E-state index in [1.165, 1.54) is 18.9 Å². The van der Waals surface area contributed by atoms with Gasteiger partial charge in [0.25, 0.3) is 0 Å². The lowest BCUT2D eigenvalue weighted by Gasteiger charge is -2.18. The van der Waals surface area contributed by atoms with E-state index in [0.717, 1.165) is 5.56 Å². The lowest BCUT2D eigenvalue weighted by molar-refractivity contribution is 0.331. The predicted octanol–water partition coefficient (Wildman–Crippen LogP) is 2.43. The molecule has 0 bridgehead atoms. The van der Waals surface area contributed by atoms with Gasteiger partial charge in [0, 0.05) is 24.7 Å². The molecule has 2 N–H and O–H groups in total. The third kappa shape index (κ3) is 2.41. The number of fused-ring (bicyclic) bond motifs is 1. The van der Waals surface area contributed by atoms with Gasteiger partial charge in [0.05, 0.1) is 4.47 Å². The summed E-state index contributed by atoms with van der Waals surface area (Å²) in [5, 5.41) is 0. The topological polar surface area (TPSA) is 50.8 Å². The van der Waals surface area contributed by atoms with Crippen molar-refractivity contribution in [3.05, 3.63) is 28.0 Å². The van der Waals surface area contributed by atoms with E-state index in [1.807, 2.05) is 11.9 Å². The summed E-state index contributed by atoms with van der Waals surface area (Å²) in [5.74, 6) is 0.743. The molecule has 1 saturated carbocycles. The number of guanidine groups is 1. The zero-order chi connectivity index (χ0) is 13.6. The summed E-state index contributed by atoms with van der Waals surface area (Å²) >= 11 is 3.18. The summed E-state index contributed by atoms with van der Waals surface area (Å²) in [7, 11) is 1.95. The molecule has 1 unspecified atom stereocenters. The van der Waals surface area contributed by atoms with Crippen molar-refractivity contribution < 1.29 is 9.13 Å². The van der Waals surface area contributed by atoms with Crippen LogP contribution < -0.4 is 10.5 Å². The van der Waals surface area contributed by atoms with Gasteiger partial charge in [-0.05, 0) is 34.8 Å². The number of hydrogen-bond donors (Lipinski definition) is 1. The Morgan fingerprint density at radius 2 is 2.26 bits per heavy atom. The Balaban J connectivity index is 1.85. The molecule has 0 aromatic heterocycles. The predicted molar refractivity (Wildman–Crippen MR) is 74.7 cm³/mol. The monoisotopic (exact) mass is 327 g/mol. The minimum absolute atomic E-state index is 0.159. The van der Waals surface area contributed by atoms with Gasteiger partial charge in [0.15, 0.2) is 5.96 Å². The highest BCUT2D eigenvalue weighted by Crippen LogP contribution is 2.38. The first-order chi connectivity index (χ1) is 9.06. The molecule has 1 fully saturated rings. The summed E-state index contributed by atoms with van der Waals surface area (Å²) < 4.78 is 19.3. The van der Waals surface area contributed by atoms with Crippen LogP contribution in [-0.2, 0) is 0 Å². The van der Waals surface area contributed by atoms with Crippen molar-refractivity contribution >= 4 is 21.9 Å². The first-order valence-corrected chi connectivity index (χ1v) is 7.03. The molecule has 0 amide bonds. The van der Waals surface area contributed by atoms with Crippen LogP contribution in [0.5, 0.6) is 5.75 Å². The van der Waals surface area contributed by atoms with Crippen molar-refractivity contribution in [3.8, 4) is 5.75 Å². The van der Waals surface area contributed by atoms with Crippen LogP contribution in [0.15, 0.2) is 21.6 Å². The maximum absolute atomic E-state index is 13.4. The highest BCUT2D eigenvalue weighted by atomic mass is 79.9. The van der Waals surface area contributed by atoms with Crippen LogP contribution in [0.1, 0.15) is 24.4 Å². The Morgan fingerprint density at radius 1 is 1.53 bits per heavy atom. The molecule has 3 rings (SSSR count). The Hall–Kier alpha value is -1.30. The molecule has 0 saturated heterocycles. The number of hydrogen-bond acceptors (Lipinski definition) is 2. The molecular weight excluding hydrogens is 313 g/mol. The fourth-order valence-corrected chi connectivity index (χ4v) is 2.56. The molecule has 0 spiro atoms. The summed E-state index contributed by atoms with van der Waals surface area (Å²) in [5.41, 5.74) is 6.87. The van der Waals surface area contributed by atoms with E-state index < -0.39 is 0 Å². The molecule has 1 heterocycles. The van der Waals surface area contributed by atoms with Gasteiger partial charge in [-0.3, -0.25) is 0 Å². The van der Waals surface area contributed by atoms with Gasteiger partial charge in [-0.15, -0.1) is 0 Å². The summed E-state index contributed by atoms with van der Waals surface area (Å²) in [6.45, 7) is 0.407. The highest BCUT2D eigenvalue weighted by Gasteiger charge is 2.30. The van der Waals surface area contributed by atoms with E-state index in [-0.39, 0.29) is 11.9 Å². The molecule has 102 valence electrons. The van der Waals surface area contributed by atoms with Crippen LogP contribution in [-0.4, -0.2) is 30.6 Å². The number of nitrogens with zero attached hydrogens (tertiary/aromatic N) is 2. The van der Waals surface area contributed by atoms with Gasteiger partial charge in [0.2, 0.25) is 0 Å². The zero-order valence-electron chi connectivity index (χ0n) is 10.6. The first kappa shape index (κ1) is 12.7. The maximum atomic E-state index is 13.4. The normalized spacial score (nSPS) is 22.1. The Kier molecular flexibility index (Phi) is 3.12. The van der Waals surface area contributed by atoms with Crippen molar-refractivity contribution in [2.45, 2.75) is 24.9 Å². The van der Waals surface area contributed by atoms with Gasteiger partial charge in [-0.25, -0.2) is 9.38 Å². The number of rotatable bonds is 2. The average molecular weight is 328 g/mol. The molecule has 1 atom stereocenters. The second kappa shape index (κ2) is 4.67. The molecule has 6 heteroatoms. The Morgan fingerprint density at radius 3 is 2.95 bits per heavy atom. The minimum atomic E-state index is -0.327. The van der Waals surface area contributed by atoms with Crippen molar-refractivity contribution in [1.82, 2.24) is 4.90 Å². The van der Waals surface area contributed by atoms with Crippen LogP contribution >= 0.6 is 15.9 Å². The smallest absolute Gasteiger partial charge is 0.191 e. The van der Waals surface area contributed by atoms with Gasteiger partial charge >= 0.3 is 0 Å².